The van der Waals surface area contributed by atoms with Gasteiger partial charge in [-0.1, -0.05) is 78.9 Å². The van der Waals surface area contributed by atoms with Crippen molar-refractivity contribution < 1.29 is 18.5 Å². The number of halogens is 2. The molecule has 0 fully saturated rings. The van der Waals surface area contributed by atoms with Crippen LogP contribution in [0.5, 0.6) is 5.75 Å². The monoisotopic (exact) mass is 565 g/mol. The van der Waals surface area contributed by atoms with Gasteiger partial charge in [0, 0.05) is 39.0 Å². The molecule has 2 aromatic heterocycles. The molecule has 1 radical (unpaired) electrons. The summed E-state index contributed by atoms with van der Waals surface area (Å²) in [6.45, 7) is 0. The van der Waals surface area contributed by atoms with Crippen molar-refractivity contribution in [1.29, 1.82) is 0 Å². The SMILES string of the molecule is Fc1cccc(-n2c3ccccc3c3ccccc32)c1.O[B]Oc1ccc(-n2c3ccccc3c3ccccc32)cc1F. The summed E-state index contributed by atoms with van der Waals surface area (Å²) in [6, 6.07) is 43.9. The second kappa shape index (κ2) is 11.1. The van der Waals surface area contributed by atoms with E-state index in [-0.39, 0.29) is 11.6 Å². The predicted octanol–water partition coefficient (Wildman–Crippen LogP) is 8.75. The Morgan fingerprint density at radius 2 is 0.930 bits per heavy atom. The largest absolute Gasteiger partial charge is 0.569 e. The van der Waals surface area contributed by atoms with Crippen molar-refractivity contribution >= 4 is 51.3 Å². The van der Waals surface area contributed by atoms with Gasteiger partial charge in [0.1, 0.15) is 11.6 Å². The van der Waals surface area contributed by atoms with Crippen LogP contribution in [0, 0.1) is 11.6 Å². The highest BCUT2D eigenvalue weighted by Crippen LogP contribution is 2.33. The molecule has 6 aromatic carbocycles. The van der Waals surface area contributed by atoms with E-state index in [0.29, 0.717) is 13.4 Å². The van der Waals surface area contributed by atoms with Crippen LogP contribution in [0.3, 0.4) is 0 Å². The van der Waals surface area contributed by atoms with Gasteiger partial charge in [0.2, 0.25) is 0 Å². The third-order valence-electron chi connectivity index (χ3n) is 7.58. The second-order valence-corrected chi connectivity index (χ2v) is 10.1. The van der Waals surface area contributed by atoms with E-state index in [0.717, 1.165) is 38.5 Å². The summed E-state index contributed by atoms with van der Waals surface area (Å²) in [5.74, 6) is -0.768. The Labute approximate surface area is 246 Å². The van der Waals surface area contributed by atoms with Gasteiger partial charge < -0.3 is 18.8 Å². The third-order valence-corrected chi connectivity index (χ3v) is 7.58. The van der Waals surface area contributed by atoms with Crippen molar-refractivity contribution in [3.05, 3.63) is 151 Å². The minimum absolute atomic E-state index is 0.0167. The topological polar surface area (TPSA) is 39.3 Å². The summed E-state index contributed by atoms with van der Waals surface area (Å²) >= 11 is 0. The van der Waals surface area contributed by atoms with E-state index in [1.807, 2.05) is 71.3 Å². The molecule has 2 heterocycles. The molecule has 0 unspecified atom stereocenters. The maximum atomic E-state index is 14.2. The number of hydrogen-bond donors (Lipinski definition) is 1. The van der Waals surface area contributed by atoms with Gasteiger partial charge in [-0.2, -0.15) is 0 Å². The number of nitrogens with zero attached hydrogens (tertiary/aromatic N) is 2. The molecule has 0 spiro atoms. The van der Waals surface area contributed by atoms with E-state index >= 15 is 0 Å². The second-order valence-electron chi connectivity index (χ2n) is 10.1. The van der Waals surface area contributed by atoms with Crippen LogP contribution in [0.4, 0.5) is 8.78 Å². The summed E-state index contributed by atoms with van der Waals surface area (Å²) in [5, 5.41) is 13.3. The first-order valence-electron chi connectivity index (χ1n) is 13.8. The highest BCUT2D eigenvalue weighted by molar-refractivity contribution is 6.17. The Morgan fingerprint density at radius 1 is 0.488 bits per heavy atom. The van der Waals surface area contributed by atoms with Crippen molar-refractivity contribution in [2.24, 2.45) is 0 Å². The van der Waals surface area contributed by atoms with Crippen LogP contribution in [0.25, 0.3) is 55.0 Å². The summed E-state index contributed by atoms with van der Waals surface area (Å²) < 4.78 is 36.6. The minimum Gasteiger partial charge on any atom is -0.535 e. The van der Waals surface area contributed by atoms with Crippen molar-refractivity contribution in [1.82, 2.24) is 9.13 Å². The fourth-order valence-corrected chi connectivity index (χ4v) is 5.80. The normalized spacial score (nSPS) is 11.1. The lowest BCUT2D eigenvalue weighted by Gasteiger charge is -2.10. The summed E-state index contributed by atoms with van der Waals surface area (Å²) in [5.41, 5.74) is 5.76. The first kappa shape index (κ1) is 26.5. The molecule has 0 saturated heterocycles. The lowest BCUT2D eigenvalue weighted by molar-refractivity contribution is 0.431. The minimum atomic E-state index is -0.533. The molecule has 0 amide bonds. The molecule has 0 atom stereocenters. The van der Waals surface area contributed by atoms with Crippen LogP contribution in [0.15, 0.2) is 140 Å². The molecule has 0 aliphatic carbocycles. The zero-order valence-electron chi connectivity index (χ0n) is 22.9. The molecule has 8 aromatic rings. The number of fused-ring (bicyclic) bond motifs is 6. The predicted molar refractivity (Wildman–Crippen MR) is 170 cm³/mol. The van der Waals surface area contributed by atoms with Gasteiger partial charge in [-0.25, -0.2) is 8.78 Å². The molecule has 0 aliphatic heterocycles. The number of para-hydroxylation sites is 4. The van der Waals surface area contributed by atoms with E-state index in [2.05, 4.69) is 41.0 Å². The molecule has 0 saturated carbocycles. The Kier molecular flexibility index (Phi) is 6.85. The van der Waals surface area contributed by atoms with Crippen molar-refractivity contribution in [3.63, 3.8) is 0 Å². The van der Waals surface area contributed by atoms with Gasteiger partial charge in [-0.3, -0.25) is 0 Å². The van der Waals surface area contributed by atoms with E-state index in [9.17, 15) is 8.78 Å². The first-order valence-corrected chi connectivity index (χ1v) is 13.8. The van der Waals surface area contributed by atoms with Crippen molar-refractivity contribution in [2.75, 3.05) is 0 Å². The molecule has 0 bridgehead atoms. The lowest BCUT2D eigenvalue weighted by Crippen LogP contribution is -2.03. The maximum absolute atomic E-state index is 14.2. The zero-order chi connectivity index (χ0) is 29.3. The number of benzene rings is 6. The average Bonchev–Trinajstić information content (AvgIpc) is 3.56. The standard InChI is InChI=1S/C18H12BFNO2.C18H12FN/c20-15-11-12(9-10-18(15)23-19-22)21-16-7-3-1-5-13(16)14-6-2-4-8-17(14)21;19-13-6-5-7-14(12-13)20-17-10-3-1-8-15(17)16-9-2-4-11-18(16)20/h1-11,22H;1-12H. The fourth-order valence-electron chi connectivity index (χ4n) is 5.80. The quantitative estimate of drug-likeness (QED) is 0.217. The van der Waals surface area contributed by atoms with Crippen LogP contribution < -0.4 is 4.65 Å². The third kappa shape index (κ3) is 4.70. The zero-order valence-corrected chi connectivity index (χ0v) is 22.9. The van der Waals surface area contributed by atoms with Crippen LogP contribution in [-0.4, -0.2) is 21.8 Å². The Morgan fingerprint density at radius 3 is 1.35 bits per heavy atom. The number of aromatic nitrogens is 2. The molecule has 207 valence electrons. The molecule has 4 nitrogen and oxygen atoms in total. The van der Waals surface area contributed by atoms with Gasteiger partial charge in [-0.15, -0.1) is 0 Å². The fraction of sp³-hybridized carbons (Fsp3) is 0. The van der Waals surface area contributed by atoms with Gasteiger partial charge in [0.25, 0.3) is 0 Å². The number of hydrogen-bond acceptors (Lipinski definition) is 2. The Bertz CT molecular complexity index is 2150. The Balaban J connectivity index is 0.000000141. The Hall–Kier alpha value is -5.40. The number of rotatable bonds is 4. The van der Waals surface area contributed by atoms with Gasteiger partial charge in [0.05, 0.1) is 22.1 Å². The van der Waals surface area contributed by atoms with Crippen molar-refractivity contribution in [3.8, 4) is 17.1 Å². The molecule has 43 heavy (non-hydrogen) atoms. The maximum Gasteiger partial charge on any atom is 0.569 e. The van der Waals surface area contributed by atoms with E-state index < -0.39 is 5.82 Å². The molecular weight excluding hydrogens is 541 g/mol. The summed E-state index contributed by atoms with van der Waals surface area (Å²) in [7, 11) is 0.471. The van der Waals surface area contributed by atoms with Gasteiger partial charge >= 0.3 is 7.69 Å². The van der Waals surface area contributed by atoms with Gasteiger partial charge in [-0.05, 0) is 54.6 Å². The average molecular weight is 565 g/mol. The van der Waals surface area contributed by atoms with Crippen LogP contribution in [0.2, 0.25) is 0 Å². The molecule has 8 rings (SSSR count). The van der Waals surface area contributed by atoms with Gasteiger partial charge in [0.15, 0.2) is 5.82 Å². The first-order chi connectivity index (χ1) is 21.1. The van der Waals surface area contributed by atoms with Crippen LogP contribution in [-0.2, 0) is 0 Å². The highest BCUT2D eigenvalue weighted by atomic mass is 19.1. The lowest BCUT2D eigenvalue weighted by atomic mass is 10.2. The summed E-state index contributed by atoms with van der Waals surface area (Å²) in [4.78, 5) is 0. The smallest absolute Gasteiger partial charge is 0.535 e. The molecule has 7 heteroatoms. The summed E-state index contributed by atoms with van der Waals surface area (Å²) in [6.07, 6.45) is 0. The molecular formula is C36H24BF2N2O2. The van der Waals surface area contributed by atoms with E-state index in [1.54, 1.807) is 18.2 Å². The molecule has 0 aliphatic rings. The van der Waals surface area contributed by atoms with E-state index in [4.69, 9.17) is 9.68 Å². The van der Waals surface area contributed by atoms with Crippen LogP contribution in [0.1, 0.15) is 0 Å². The molecule has 1 N–H and O–H groups in total. The van der Waals surface area contributed by atoms with Crippen LogP contribution >= 0.6 is 0 Å². The highest BCUT2D eigenvalue weighted by Gasteiger charge is 2.14. The van der Waals surface area contributed by atoms with E-state index in [1.165, 1.54) is 29.0 Å². The van der Waals surface area contributed by atoms with Crippen molar-refractivity contribution in [2.45, 2.75) is 0 Å².